The van der Waals surface area contributed by atoms with Crippen LogP contribution in [0.3, 0.4) is 0 Å². The van der Waals surface area contributed by atoms with Gasteiger partial charge >= 0.3 is 6.36 Å². The van der Waals surface area contributed by atoms with Crippen molar-refractivity contribution in [2.24, 2.45) is 0 Å². The number of hydrogen-bond acceptors (Lipinski definition) is 1. The molecule has 4 rings (SSSR count). The van der Waals surface area contributed by atoms with Crippen molar-refractivity contribution in [2.45, 2.75) is 57.7 Å². The third-order valence-electron chi connectivity index (χ3n) is 6.10. The van der Waals surface area contributed by atoms with Gasteiger partial charge in [-0.05, 0) is 71.7 Å². The quantitative estimate of drug-likeness (QED) is 0.359. The molecule has 0 N–H and O–H groups in total. The van der Waals surface area contributed by atoms with Crippen LogP contribution in [0, 0.1) is 17.5 Å². The van der Waals surface area contributed by atoms with Crippen LogP contribution in [0.4, 0.5) is 26.3 Å². The molecule has 0 fully saturated rings. The van der Waals surface area contributed by atoms with Gasteiger partial charge in [-0.25, -0.2) is 13.2 Å². The Hall–Kier alpha value is -2.70. The maximum absolute atomic E-state index is 15.3. The van der Waals surface area contributed by atoms with E-state index in [-0.39, 0.29) is 35.7 Å². The number of rotatable bonds is 5. The molecule has 1 aliphatic carbocycles. The maximum atomic E-state index is 15.3. The molecule has 0 aromatic heterocycles. The van der Waals surface area contributed by atoms with Gasteiger partial charge in [-0.2, -0.15) is 0 Å². The van der Waals surface area contributed by atoms with Crippen LogP contribution >= 0.6 is 0 Å². The molecule has 1 aliphatic rings. The molecule has 1 atom stereocenters. The van der Waals surface area contributed by atoms with E-state index in [9.17, 15) is 22.0 Å². The molecule has 0 saturated carbocycles. The largest absolute Gasteiger partial charge is 0.573 e. The van der Waals surface area contributed by atoms with Crippen LogP contribution in [-0.2, 0) is 19.3 Å². The van der Waals surface area contributed by atoms with E-state index < -0.39 is 23.7 Å². The van der Waals surface area contributed by atoms with Gasteiger partial charge in [0, 0.05) is 5.39 Å². The first-order valence-electron chi connectivity index (χ1n) is 10.6. The van der Waals surface area contributed by atoms with Crippen molar-refractivity contribution in [1.82, 2.24) is 0 Å². The fourth-order valence-corrected chi connectivity index (χ4v) is 4.51. The van der Waals surface area contributed by atoms with Gasteiger partial charge in [0.05, 0.1) is 0 Å². The van der Waals surface area contributed by atoms with Gasteiger partial charge in [-0.3, -0.25) is 0 Å². The summed E-state index contributed by atoms with van der Waals surface area (Å²) in [6.45, 7) is 2.11. The van der Waals surface area contributed by atoms with E-state index in [2.05, 4.69) is 11.7 Å². The SMILES string of the molecule is CCCCc1ccc2c(F)c(C3CCc4c(cc(F)c(OC(F)(F)F)c4F)C3)ccc2c1. The summed E-state index contributed by atoms with van der Waals surface area (Å²) in [5, 5.41) is 1.28. The van der Waals surface area contributed by atoms with Gasteiger partial charge in [-0.15, -0.1) is 13.2 Å². The standard InChI is InChI=1S/C25H22F6O/c1-2-3-4-14-5-8-18-15(11-14)6-9-19(22(18)27)16-7-10-20-17(12-16)13-21(26)24(23(20)28)32-25(29,30)31/h5-6,8-9,11,13,16H,2-4,7,10,12H2,1H3. The van der Waals surface area contributed by atoms with Crippen molar-refractivity contribution < 1.29 is 31.1 Å². The van der Waals surface area contributed by atoms with E-state index in [1.807, 2.05) is 18.2 Å². The lowest BCUT2D eigenvalue weighted by Gasteiger charge is -2.27. The molecule has 170 valence electrons. The van der Waals surface area contributed by atoms with Crippen LogP contribution in [0.5, 0.6) is 5.75 Å². The molecular weight excluding hydrogens is 430 g/mol. The van der Waals surface area contributed by atoms with Gasteiger partial charge in [0.2, 0.25) is 5.75 Å². The number of ether oxygens (including phenoxy) is 1. The lowest BCUT2D eigenvalue weighted by atomic mass is 9.79. The van der Waals surface area contributed by atoms with Gasteiger partial charge < -0.3 is 4.74 Å². The lowest BCUT2D eigenvalue weighted by molar-refractivity contribution is -0.276. The van der Waals surface area contributed by atoms with Crippen LogP contribution in [0.2, 0.25) is 0 Å². The Balaban J connectivity index is 1.64. The number of hydrogen-bond donors (Lipinski definition) is 0. The highest BCUT2D eigenvalue weighted by Crippen LogP contribution is 2.40. The van der Waals surface area contributed by atoms with Gasteiger partial charge in [0.1, 0.15) is 5.82 Å². The molecule has 0 spiro atoms. The fraction of sp³-hybridized carbons (Fsp3) is 0.360. The highest BCUT2D eigenvalue weighted by Gasteiger charge is 2.36. The second-order valence-electron chi connectivity index (χ2n) is 8.25. The van der Waals surface area contributed by atoms with Crippen molar-refractivity contribution in [3.05, 3.63) is 76.1 Å². The van der Waals surface area contributed by atoms with Crippen LogP contribution in [0.1, 0.15) is 54.4 Å². The third-order valence-corrected chi connectivity index (χ3v) is 6.10. The average Bonchev–Trinajstić information content (AvgIpc) is 2.74. The molecule has 0 bridgehead atoms. The number of unbranched alkanes of at least 4 members (excludes halogenated alkanes) is 1. The zero-order valence-corrected chi connectivity index (χ0v) is 17.5. The van der Waals surface area contributed by atoms with E-state index in [1.165, 1.54) is 0 Å². The topological polar surface area (TPSA) is 9.23 Å². The van der Waals surface area contributed by atoms with Crippen LogP contribution < -0.4 is 4.74 Å². The number of halogens is 6. The Bertz CT molecular complexity index is 1150. The summed E-state index contributed by atoms with van der Waals surface area (Å²) >= 11 is 0. The summed E-state index contributed by atoms with van der Waals surface area (Å²) in [4.78, 5) is 0. The molecule has 7 heteroatoms. The van der Waals surface area contributed by atoms with Crippen LogP contribution in [-0.4, -0.2) is 6.36 Å². The van der Waals surface area contributed by atoms with Crippen LogP contribution in [0.25, 0.3) is 10.8 Å². The molecule has 1 nitrogen and oxygen atoms in total. The summed E-state index contributed by atoms with van der Waals surface area (Å²) in [6.07, 6.45) is -1.63. The highest BCUT2D eigenvalue weighted by atomic mass is 19.4. The first-order valence-corrected chi connectivity index (χ1v) is 10.6. The predicted octanol–water partition coefficient (Wildman–Crippen LogP) is 7.77. The summed E-state index contributed by atoms with van der Waals surface area (Å²) < 4.78 is 85.0. The minimum Gasteiger partial charge on any atom is -0.399 e. The Morgan fingerprint density at radius 3 is 2.50 bits per heavy atom. The summed E-state index contributed by atoms with van der Waals surface area (Å²) in [7, 11) is 0. The number of aryl methyl sites for hydroxylation is 1. The fourth-order valence-electron chi connectivity index (χ4n) is 4.51. The summed E-state index contributed by atoms with van der Waals surface area (Å²) in [5.41, 5.74) is 1.81. The maximum Gasteiger partial charge on any atom is 0.573 e. The normalized spacial score (nSPS) is 16.3. The lowest BCUT2D eigenvalue weighted by Crippen LogP contribution is -2.21. The molecule has 3 aromatic carbocycles. The van der Waals surface area contributed by atoms with Gasteiger partial charge in [0.25, 0.3) is 0 Å². The summed E-state index contributed by atoms with van der Waals surface area (Å²) in [5.74, 6) is -4.89. The Morgan fingerprint density at radius 2 is 1.78 bits per heavy atom. The second kappa shape index (κ2) is 8.68. The van der Waals surface area contributed by atoms with Crippen molar-refractivity contribution in [3.63, 3.8) is 0 Å². The Labute approximate surface area is 182 Å². The smallest absolute Gasteiger partial charge is 0.399 e. The number of benzene rings is 3. The highest BCUT2D eigenvalue weighted by molar-refractivity contribution is 5.84. The minimum absolute atomic E-state index is 0.0105. The third kappa shape index (κ3) is 4.43. The number of fused-ring (bicyclic) bond motifs is 2. The monoisotopic (exact) mass is 452 g/mol. The molecule has 32 heavy (non-hydrogen) atoms. The molecule has 0 radical (unpaired) electrons. The molecule has 0 heterocycles. The van der Waals surface area contributed by atoms with Crippen molar-refractivity contribution in [1.29, 1.82) is 0 Å². The molecule has 3 aromatic rings. The predicted molar refractivity (Wildman–Crippen MR) is 110 cm³/mol. The first-order chi connectivity index (χ1) is 15.2. The van der Waals surface area contributed by atoms with E-state index >= 15 is 4.39 Å². The van der Waals surface area contributed by atoms with Crippen LogP contribution in [0.15, 0.2) is 36.4 Å². The van der Waals surface area contributed by atoms with E-state index in [1.54, 1.807) is 12.1 Å². The van der Waals surface area contributed by atoms with E-state index in [4.69, 9.17) is 0 Å². The van der Waals surface area contributed by atoms with Crippen molar-refractivity contribution in [3.8, 4) is 5.75 Å². The van der Waals surface area contributed by atoms with Crippen molar-refractivity contribution in [2.75, 3.05) is 0 Å². The van der Waals surface area contributed by atoms with Gasteiger partial charge in [-0.1, -0.05) is 43.7 Å². The molecule has 0 amide bonds. The first kappa shape index (κ1) is 22.5. The van der Waals surface area contributed by atoms with E-state index in [0.717, 1.165) is 36.3 Å². The van der Waals surface area contributed by atoms with E-state index in [0.29, 0.717) is 17.4 Å². The Morgan fingerprint density at radius 1 is 1.00 bits per heavy atom. The molecular formula is C25H22F6O. The Kier molecular flexibility index (Phi) is 6.10. The second-order valence-corrected chi connectivity index (χ2v) is 8.25. The molecule has 0 saturated heterocycles. The van der Waals surface area contributed by atoms with Gasteiger partial charge in [0.15, 0.2) is 11.6 Å². The molecule has 1 unspecified atom stereocenters. The average molecular weight is 452 g/mol. The molecule has 0 aliphatic heterocycles. The zero-order valence-electron chi connectivity index (χ0n) is 17.5. The number of alkyl halides is 3. The minimum atomic E-state index is -5.20. The summed E-state index contributed by atoms with van der Waals surface area (Å²) in [6, 6.07) is 10.1. The zero-order chi connectivity index (χ0) is 23.0. The van der Waals surface area contributed by atoms with Crippen molar-refractivity contribution >= 4 is 10.8 Å².